The minimum atomic E-state index is -0.648. The highest BCUT2D eigenvalue weighted by atomic mass is 16.5. The van der Waals surface area contributed by atoms with Crippen LogP contribution < -0.4 is 5.73 Å². The fraction of sp³-hybridized carbons (Fsp3) is 0.750. The summed E-state index contributed by atoms with van der Waals surface area (Å²) in [6.07, 6.45) is 3.99. The van der Waals surface area contributed by atoms with Crippen LogP contribution in [0.15, 0.2) is 0 Å². The van der Waals surface area contributed by atoms with Crippen LogP contribution in [0.1, 0.15) is 32.1 Å². The summed E-state index contributed by atoms with van der Waals surface area (Å²) in [5.41, 5.74) is 4.91. The smallest absolute Gasteiger partial charge is 0.309 e. The van der Waals surface area contributed by atoms with E-state index in [1.165, 1.54) is 0 Å². The molecule has 0 saturated heterocycles. The lowest BCUT2D eigenvalue weighted by molar-refractivity contribution is -0.156. The number of nitrogens with two attached hydrogens (primary N) is 1. The molecule has 5 nitrogen and oxygen atoms in total. The van der Waals surface area contributed by atoms with E-state index in [0.29, 0.717) is 18.6 Å². The van der Waals surface area contributed by atoms with Crippen LogP contribution in [0.25, 0.3) is 0 Å². The number of hydrogen-bond donors (Lipinski definition) is 1. The maximum atomic E-state index is 11.8. The van der Waals surface area contributed by atoms with Gasteiger partial charge in [-0.1, -0.05) is 6.42 Å². The second-order valence-corrected chi connectivity index (χ2v) is 4.97. The summed E-state index contributed by atoms with van der Waals surface area (Å²) in [7, 11) is 0. The fourth-order valence-electron chi connectivity index (χ4n) is 2.93. The molecule has 94 valence electrons. The van der Waals surface area contributed by atoms with Crippen molar-refractivity contribution in [1.82, 2.24) is 0 Å². The van der Waals surface area contributed by atoms with Crippen LogP contribution in [0.2, 0.25) is 0 Å². The molecule has 1 unspecified atom stereocenters. The van der Waals surface area contributed by atoms with Gasteiger partial charge in [-0.3, -0.25) is 14.4 Å². The topological polar surface area (TPSA) is 86.5 Å². The van der Waals surface area contributed by atoms with Crippen molar-refractivity contribution in [2.24, 2.45) is 23.5 Å². The third kappa shape index (κ3) is 2.65. The SMILES string of the molecule is NC(=O)COC(=O)C1C[C@H]2CCC[C@@H](C1)C2=O. The summed E-state index contributed by atoms with van der Waals surface area (Å²) in [4.78, 5) is 34.0. The van der Waals surface area contributed by atoms with E-state index in [1.807, 2.05) is 0 Å². The molecule has 0 radical (unpaired) electrons. The van der Waals surface area contributed by atoms with Crippen LogP contribution in [-0.4, -0.2) is 24.3 Å². The van der Waals surface area contributed by atoms with E-state index in [1.54, 1.807) is 0 Å². The first-order valence-electron chi connectivity index (χ1n) is 6.06. The predicted molar refractivity (Wildman–Crippen MR) is 58.7 cm³/mol. The van der Waals surface area contributed by atoms with Gasteiger partial charge in [0.2, 0.25) is 0 Å². The molecule has 2 bridgehead atoms. The predicted octanol–water partition coefficient (Wildman–Crippen LogP) is 0.410. The van der Waals surface area contributed by atoms with E-state index in [9.17, 15) is 14.4 Å². The maximum absolute atomic E-state index is 11.8. The Morgan fingerprint density at radius 1 is 1.24 bits per heavy atom. The number of ketones is 1. The average Bonchev–Trinajstić information content (AvgIpc) is 2.25. The zero-order valence-corrected chi connectivity index (χ0v) is 9.69. The minimum Gasteiger partial charge on any atom is -0.455 e. The first-order valence-corrected chi connectivity index (χ1v) is 6.06. The van der Waals surface area contributed by atoms with Crippen molar-refractivity contribution in [3.05, 3.63) is 0 Å². The summed E-state index contributed by atoms with van der Waals surface area (Å²) < 4.78 is 4.82. The fourth-order valence-corrected chi connectivity index (χ4v) is 2.93. The Labute approximate surface area is 99.7 Å². The number of carbonyl (C=O) groups is 3. The van der Waals surface area contributed by atoms with Gasteiger partial charge in [0.25, 0.3) is 5.91 Å². The molecule has 0 heterocycles. The number of ether oxygens (including phenoxy) is 1. The second-order valence-electron chi connectivity index (χ2n) is 4.97. The number of primary amides is 1. The highest BCUT2D eigenvalue weighted by molar-refractivity contribution is 5.87. The molecular formula is C12H17NO4. The molecule has 2 rings (SSSR count). The Kier molecular flexibility index (Phi) is 3.45. The van der Waals surface area contributed by atoms with Crippen LogP contribution in [0.3, 0.4) is 0 Å². The Morgan fingerprint density at radius 2 is 1.82 bits per heavy atom. The first-order chi connectivity index (χ1) is 8.08. The minimum absolute atomic E-state index is 0.0219. The molecule has 0 aromatic carbocycles. The van der Waals surface area contributed by atoms with Gasteiger partial charge in [-0.05, 0) is 25.7 Å². The molecule has 0 aliphatic heterocycles. The third-order valence-corrected chi connectivity index (χ3v) is 3.74. The number of fused-ring (bicyclic) bond motifs is 2. The lowest BCUT2D eigenvalue weighted by atomic mass is 9.67. The van der Waals surface area contributed by atoms with Crippen LogP contribution in [-0.2, 0) is 19.1 Å². The number of carbonyl (C=O) groups excluding carboxylic acids is 3. The van der Waals surface area contributed by atoms with Gasteiger partial charge in [-0.2, -0.15) is 0 Å². The van der Waals surface area contributed by atoms with Crippen LogP contribution >= 0.6 is 0 Å². The van der Waals surface area contributed by atoms with Crippen LogP contribution in [0.4, 0.5) is 0 Å². The van der Waals surface area contributed by atoms with Crippen LogP contribution in [0, 0.1) is 17.8 Å². The Bertz CT molecular complexity index is 336. The van der Waals surface area contributed by atoms with Gasteiger partial charge in [0.15, 0.2) is 6.61 Å². The van der Waals surface area contributed by atoms with Gasteiger partial charge in [-0.15, -0.1) is 0 Å². The van der Waals surface area contributed by atoms with Gasteiger partial charge in [-0.25, -0.2) is 0 Å². The quantitative estimate of drug-likeness (QED) is 0.723. The van der Waals surface area contributed by atoms with Crippen molar-refractivity contribution in [2.45, 2.75) is 32.1 Å². The number of Topliss-reactive ketones (excluding diaryl/α,β-unsaturated/α-hetero) is 1. The lowest BCUT2D eigenvalue weighted by Crippen LogP contribution is -2.40. The number of amides is 1. The molecule has 2 N–H and O–H groups in total. The number of esters is 1. The summed E-state index contributed by atoms with van der Waals surface area (Å²) in [5.74, 6) is -0.904. The number of rotatable bonds is 3. The summed E-state index contributed by atoms with van der Waals surface area (Å²) in [5, 5.41) is 0. The largest absolute Gasteiger partial charge is 0.455 e. The van der Waals surface area contributed by atoms with Gasteiger partial charge in [0, 0.05) is 11.8 Å². The Hall–Kier alpha value is -1.39. The second kappa shape index (κ2) is 4.85. The Balaban J connectivity index is 1.93. The van der Waals surface area contributed by atoms with E-state index in [-0.39, 0.29) is 30.3 Å². The zero-order chi connectivity index (χ0) is 12.4. The molecule has 2 saturated carbocycles. The average molecular weight is 239 g/mol. The van der Waals surface area contributed by atoms with Crippen molar-refractivity contribution >= 4 is 17.7 Å². The molecule has 5 heteroatoms. The molecule has 0 spiro atoms. The highest BCUT2D eigenvalue weighted by Gasteiger charge is 2.41. The molecule has 2 fully saturated rings. The zero-order valence-electron chi connectivity index (χ0n) is 9.69. The van der Waals surface area contributed by atoms with Gasteiger partial charge in [0.1, 0.15) is 5.78 Å². The van der Waals surface area contributed by atoms with Crippen molar-refractivity contribution in [1.29, 1.82) is 0 Å². The maximum Gasteiger partial charge on any atom is 0.309 e. The highest BCUT2D eigenvalue weighted by Crippen LogP contribution is 2.40. The van der Waals surface area contributed by atoms with E-state index in [2.05, 4.69) is 0 Å². The lowest BCUT2D eigenvalue weighted by Gasteiger charge is -2.36. The van der Waals surface area contributed by atoms with Crippen LogP contribution in [0.5, 0.6) is 0 Å². The molecule has 1 amide bonds. The van der Waals surface area contributed by atoms with Crippen molar-refractivity contribution < 1.29 is 19.1 Å². The summed E-state index contributed by atoms with van der Waals surface area (Å²) >= 11 is 0. The third-order valence-electron chi connectivity index (χ3n) is 3.74. The monoisotopic (exact) mass is 239 g/mol. The van der Waals surface area contributed by atoms with Crippen molar-refractivity contribution in [2.75, 3.05) is 6.61 Å². The van der Waals surface area contributed by atoms with Gasteiger partial charge < -0.3 is 10.5 Å². The number of hydrogen-bond acceptors (Lipinski definition) is 4. The molecule has 17 heavy (non-hydrogen) atoms. The molecule has 2 aliphatic carbocycles. The van der Waals surface area contributed by atoms with E-state index < -0.39 is 5.91 Å². The van der Waals surface area contributed by atoms with Gasteiger partial charge >= 0.3 is 5.97 Å². The summed E-state index contributed by atoms with van der Waals surface area (Å²) in [6.45, 7) is -0.362. The molecule has 0 aromatic rings. The molecule has 0 aromatic heterocycles. The van der Waals surface area contributed by atoms with E-state index in [4.69, 9.17) is 10.5 Å². The van der Waals surface area contributed by atoms with E-state index >= 15 is 0 Å². The standard InChI is InChI=1S/C12H17NO4/c13-10(14)6-17-12(16)9-4-7-2-1-3-8(5-9)11(7)15/h7-9H,1-6H2,(H2,13,14)/t7-,8+,9?. The molecule has 3 atom stereocenters. The summed E-state index contributed by atoms with van der Waals surface area (Å²) in [6, 6.07) is 0. The molecule has 2 aliphatic rings. The first kappa shape index (κ1) is 12.1. The Morgan fingerprint density at radius 3 is 2.35 bits per heavy atom. The van der Waals surface area contributed by atoms with Crippen molar-refractivity contribution in [3.8, 4) is 0 Å². The molecular weight excluding hydrogens is 222 g/mol. The van der Waals surface area contributed by atoms with E-state index in [0.717, 1.165) is 19.3 Å². The normalized spacial score (nSPS) is 32.0. The van der Waals surface area contributed by atoms with Crippen molar-refractivity contribution in [3.63, 3.8) is 0 Å². The van der Waals surface area contributed by atoms with Gasteiger partial charge in [0.05, 0.1) is 5.92 Å².